The summed E-state index contributed by atoms with van der Waals surface area (Å²) in [6.07, 6.45) is -4.42. The van der Waals surface area contributed by atoms with Crippen molar-refractivity contribution in [1.82, 2.24) is 5.32 Å². The highest BCUT2D eigenvalue weighted by molar-refractivity contribution is 6.30. The van der Waals surface area contributed by atoms with Gasteiger partial charge in [0.25, 0.3) is 5.91 Å². The van der Waals surface area contributed by atoms with Crippen LogP contribution in [-0.4, -0.2) is 43.6 Å². The Morgan fingerprint density at radius 1 is 1.39 bits per heavy atom. The number of methoxy groups -OCH3 is 1. The van der Waals surface area contributed by atoms with Crippen LogP contribution in [0.15, 0.2) is 40.0 Å². The van der Waals surface area contributed by atoms with Crippen LogP contribution in [-0.2, 0) is 4.74 Å². The van der Waals surface area contributed by atoms with Gasteiger partial charge in [0.2, 0.25) is 5.96 Å². The largest absolute Gasteiger partial charge is 0.430 e. The number of nitrogens with one attached hydrogen (secondary N) is 1. The van der Waals surface area contributed by atoms with Crippen LogP contribution in [0, 0.1) is 5.82 Å². The Morgan fingerprint density at radius 3 is 2.57 bits per heavy atom. The highest BCUT2D eigenvalue weighted by Gasteiger charge is 2.31. The maximum atomic E-state index is 13.5. The molecular weight excluding hydrogens is 406 g/mol. The summed E-state index contributed by atoms with van der Waals surface area (Å²) in [5.74, 6) is -2.72. The van der Waals surface area contributed by atoms with Gasteiger partial charge in [-0.05, 0) is 25.1 Å². The summed E-state index contributed by atoms with van der Waals surface area (Å²) in [5, 5.41) is 2.05. The van der Waals surface area contributed by atoms with Gasteiger partial charge in [-0.2, -0.15) is 18.2 Å². The quantitative estimate of drug-likeness (QED) is 0.383. The van der Waals surface area contributed by atoms with Gasteiger partial charge in [-0.15, -0.1) is 0 Å². The molecular formula is C16H18ClF4N5O2. The molecule has 1 aromatic carbocycles. The summed E-state index contributed by atoms with van der Waals surface area (Å²) in [6, 6.07) is 2.76. The van der Waals surface area contributed by atoms with Gasteiger partial charge in [0.05, 0.1) is 17.7 Å². The first kappa shape index (κ1) is 23.4. The van der Waals surface area contributed by atoms with Gasteiger partial charge in [0.15, 0.2) is 0 Å². The minimum Gasteiger partial charge on any atom is -0.395 e. The van der Waals surface area contributed by atoms with E-state index in [9.17, 15) is 22.4 Å². The van der Waals surface area contributed by atoms with Crippen molar-refractivity contribution in [2.24, 2.45) is 21.5 Å². The molecule has 0 aromatic heterocycles. The van der Waals surface area contributed by atoms with Gasteiger partial charge in [-0.1, -0.05) is 11.6 Å². The Hall–Kier alpha value is -2.66. The minimum absolute atomic E-state index is 0.117. The molecule has 1 rings (SSSR count). The Balaban J connectivity index is 3.17. The smallest absolute Gasteiger partial charge is 0.395 e. The highest BCUT2D eigenvalue weighted by Crippen LogP contribution is 2.20. The third-order valence-electron chi connectivity index (χ3n) is 3.02. The topological polar surface area (TPSA) is 115 Å². The van der Waals surface area contributed by atoms with Crippen molar-refractivity contribution in [2.45, 2.75) is 19.1 Å². The number of benzene rings is 1. The fraction of sp³-hybridized carbons (Fsp3) is 0.312. The van der Waals surface area contributed by atoms with Crippen LogP contribution in [0.25, 0.3) is 0 Å². The average Bonchev–Trinajstić information content (AvgIpc) is 2.56. The van der Waals surface area contributed by atoms with Crippen LogP contribution >= 0.6 is 11.6 Å². The number of carbonyl (C=O) groups is 1. The molecule has 0 saturated carbocycles. The molecule has 12 heteroatoms. The lowest BCUT2D eigenvalue weighted by Crippen LogP contribution is -2.33. The summed E-state index contributed by atoms with van der Waals surface area (Å²) < 4.78 is 55.9. The van der Waals surface area contributed by atoms with Gasteiger partial charge in [0, 0.05) is 18.7 Å². The molecule has 1 amide bonds. The Morgan fingerprint density at radius 2 is 2.04 bits per heavy atom. The summed E-state index contributed by atoms with van der Waals surface area (Å²) in [5.41, 5.74) is 8.71. The van der Waals surface area contributed by atoms with E-state index in [0.717, 1.165) is 6.07 Å². The second-order valence-corrected chi connectivity index (χ2v) is 5.88. The van der Waals surface area contributed by atoms with E-state index in [2.05, 4.69) is 15.3 Å². The second-order valence-electron chi connectivity index (χ2n) is 5.47. The van der Waals surface area contributed by atoms with E-state index >= 15 is 0 Å². The number of allylic oxidation sites excluding steroid dienone is 1. The van der Waals surface area contributed by atoms with Crippen molar-refractivity contribution in [3.63, 3.8) is 0 Å². The van der Waals surface area contributed by atoms with Gasteiger partial charge >= 0.3 is 6.18 Å². The van der Waals surface area contributed by atoms with Gasteiger partial charge in [-0.3, -0.25) is 10.1 Å². The number of halogens is 5. The fourth-order valence-corrected chi connectivity index (χ4v) is 1.90. The Bertz CT molecular complexity index is 809. The Labute approximate surface area is 163 Å². The molecule has 0 aliphatic heterocycles. The zero-order valence-electron chi connectivity index (χ0n) is 14.8. The van der Waals surface area contributed by atoms with Crippen LogP contribution in [0.2, 0.25) is 5.02 Å². The lowest BCUT2D eigenvalue weighted by atomic mass is 10.2. The number of carbonyl (C=O) groups excluding carboxylic acids is 1. The second kappa shape index (κ2) is 10.0. The van der Waals surface area contributed by atoms with Crippen molar-refractivity contribution in [1.29, 1.82) is 0 Å². The number of nitrogens with two attached hydrogens (primary N) is 2. The molecule has 0 aliphatic carbocycles. The SMILES string of the molecule is COCC(C)N=C(N=C(N)C=C(N)C(F)(F)F)NC(=O)c1ccc(Cl)c(F)c1. The normalized spacial score (nSPS) is 14.8. The summed E-state index contributed by atoms with van der Waals surface area (Å²) in [7, 11) is 1.41. The Kier molecular flexibility index (Phi) is 8.38. The molecule has 0 saturated heterocycles. The zero-order valence-corrected chi connectivity index (χ0v) is 15.6. The number of rotatable bonds is 5. The minimum atomic E-state index is -4.80. The lowest BCUT2D eigenvalue weighted by Gasteiger charge is -2.10. The number of guanidine groups is 1. The molecule has 0 aliphatic rings. The monoisotopic (exact) mass is 423 g/mol. The van der Waals surface area contributed by atoms with E-state index in [1.54, 1.807) is 6.92 Å². The zero-order chi connectivity index (χ0) is 21.5. The molecule has 0 spiro atoms. The van der Waals surface area contributed by atoms with Crippen molar-refractivity contribution >= 4 is 29.3 Å². The molecule has 0 heterocycles. The first-order valence-corrected chi connectivity index (χ1v) is 8.03. The number of alkyl halides is 3. The third-order valence-corrected chi connectivity index (χ3v) is 3.33. The average molecular weight is 424 g/mol. The number of hydrogen-bond acceptors (Lipinski definition) is 4. The maximum absolute atomic E-state index is 13.5. The van der Waals surface area contributed by atoms with Gasteiger partial charge in [0.1, 0.15) is 17.3 Å². The predicted molar refractivity (Wildman–Crippen MR) is 97.6 cm³/mol. The number of ether oxygens (including phenoxy) is 1. The molecule has 154 valence electrons. The number of aliphatic imine (C=N–C) groups is 2. The van der Waals surface area contributed by atoms with E-state index in [0.29, 0.717) is 6.08 Å². The molecule has 1 atom stereocenters. The summed E-state index contributed by atoms with van der Waals surface area (Å²) in [4.78, 5) is 19.9. The molecule has 28 heavy (non-hydrogen) atoms. The van der Waals surface area contributed by atoms with Gasteiger partial charge in [-0.25, -0.2) is 9.38 Å². The summed E-state index contributed by atoms with van der Waals surface area (Å²) >= 11 is 5.56. The third kappa shape index (κ3) is 7.53. The number of hydrogen-bond donors (Lipinski definition) is 3. The van der Waals surface area contributed by atoms with E-state index < -0.39 is 41.4 Å². The van der Waals surface area contributed by atoms with Crippen LogP contribution in [0.4, 0.5) is 17.6 Å². The van der Waals surface area contributed by atoms with Crippen LogP contribution in [0.3, 0.4) is 0 Å². The van der Waals surface area contributed by atoms with Crippen LogP contribution in [0.1, 0.15) is 17.3 Å². The molecule has 7 nitrogen and oxygen atoms in total. The van der Waals surface area contributed by atoms with E-state index in [1.165, 1.54) is 19.2 Å². The molecule has 1 aromatic rings. The van der Waals surface area contributed by atoms with E-state index in [4.69, 9.17) is 27.8 Å². The first-order valence-electron chi connectivity index (χ1n) is 7.65. The van der Waals surface area contributed by atoms with Crippen molar-refractivity contribution in [2.75, 3.05) is 13.7 Å². The summed E-state index contributed by atoms with van der Waals surface area (Å²) in [6.45, 7) is 1.73. The first-order chi connectivity index (χ1) is 12.9. The fourth-order valence-electron chi connectivity index (χ4n) is 1.78. The van der Waals surface area contributed by atoms with Crippen molar-refractivity contribution < 1.29 is 27.1 Å². The molecule has 0 radical (unpaired) electrons. The predicted octanol–water partition coefficient (Wildman–Crippen LogP) is 2.36. The lowest BCUT2D eigenvalue weighted by molar-refractivity contribution is -0.0925. The number of amidine groups is 1. The number of amides is 1. The molecule has 5 N–H and O–H groups in total. The van der Waals surface area contributed by atoms with Crippen molar-refractivity contribution in [3.8, 4) is 0 Å². The standard InChI is InChI=1S/C16H18ClF4N5O2/c1-8(7-28-2)24-15(25-13(23)6-12(22)16(19,20)21)26-14(27)9-3-4-10(17)11(18)5-9/h3-6,8H,7,22H2,1-2H3,(H3,23,24,25,26,27). The number of nitrogens with zero attached hydrogens (tertiary/aromatic N) is 2. The molecule has 0 fully saturated rings. The highest BCUT2D eigenvalue weighted by atomic mass is 35.5. The molecule has 1 unspecified atom stereocenters. The van der Waals surface area contributed by atoms with Crippen molar-refractivity contribution in [3.05, 3.63) is 46.4 Å². The van der Waals surface area contributed by atoms with E-state index in [-0.39, 0.29) is 17.2 Å². The van der Waals surface area contributed by atoms with Crippen LogP contribution < -0.4 is 16.8 Å². The van der Waals surface area contributed by atoms with E-state index in [1.807, 2.05) is 0 Å². The maximum Gasteiger partial charge on any atom is 0.430 e. The van der Waals surface area contributed by atoms with Gasteiger partial charge < -0.3 is 16.2 Å². The molecule has 0 bridgehead atoms. The van der Waals surface area contributed by atoms with Crippen LogP contribution in [0.5, 0.6) is 0 Å².